The Morgan fingerprint density at radius 2 is 1.83 bits per heavy atom. The van der Waals surface area contributed by atoms with Gasteiger partial charge in [-0.15, -0.1) is 0 Å². The molecule has 0 aromatic heterocycles. The third-order valence-corrected chi connectivity index (χ3v) is 4.69. The van der Waals surface area contributed by atoms with E-state index in [2.05, 4.69) is 6.07 Å². The van der Waals surface area contributed by atoms with Crippen LogP contribution >= 0.6 is 11.6 Å². The lowest BCUT2D eigenvalue weighted by Gasteiger charge is -2.35. The molecule has 0 unspecified atom stereocenters. The smallest absolute Gasteiger partial charge is 0.128 e. The molecule has 1 aromatic rings. The Morgan fingerprint density at radius 1 is 1.22 bits per heavy atom. The maximum atomic E-state index is 6.62. The lowest BCUT2D eigenvalue weighted by Crippen LogP contribution is -2.39. The van der Waals surface area contributed by atoms with Crippen molar-refractivity contribution in [1.82, 2.24) is 0 Å². The van der Waals surface area contributed by atoms with Crippen LogP contribution in [0.1, 0.15) is 48.8 Å². The van der Waals surface area contributed by atoms with Crippen molar-refractivity contribution in [2.75, 3.05) is 7.11 Å². The van der Waals surface area contributed by atoms with E-state index in [1.54, 1.807) is 7.11 Å². The van der Waals surface area contributed by atoms with Crippen LogP contribution < -0.4 is 10.5 Å². The third kappa shape index (κ3) is 2.24. The van der Waals surface area contributed by atoms with E-state index in [9.17, 15) is 0 Å². The van der Waals surface area contributed by atoms with E-state index >= 15 is 0 Å². The fourth-order valence-corrected chi connectivity index (χ4v) is 3.17. The molecule has 2 nitrogen and oxygen atoms in total. The quantitative estimate of drug-likeness (QED) is 0.876. The van der Waals surface area contributed by atoms with Crippen LogP contribution in [0.15, 0.2) is 6.07 Å². The lowest BCUT2D eigenvalue weighted by molar-refractivity contribution is 0.288. The first kappa shape index (κ1) is 13.7. The first-order valence-electron chi connectivity index (χ1n) is 6.62. The van der Waals surface area contributed by atoms with Gasteiger partial charge < -0.3 is 10.5 Å². The monoisotopic (exact) mass is 267 g/mol. The minimum atomic E-state index is -0.246. The zero-order valence-electron chi connectivity index (χ0n) is 11.5. The molecule has 1 aromatic carbocycles. The van der Waals surface area contributed by atoms with Gasteiger partial charge in [-0.3, -0.25) is 0 Å². The van der Waals surface area contributed by atoms with Crippen LogP contribution in [0.25, 0.3) is 0 Å². The van der Waals surface area contributed by atoms with E-state index in [1.165, 1.54) is 19.3 Å². The molecule has 100 valence electrons. The third-order valence-electron chi connectivity index (χ3n) is 4.11. The number of rotatable bonds is 2. The average molecular weight is 268 g/mol. The number of halogens is 1. The fourth-order valence-electron chi connectivity index (χ4n) is 3.03. The highest BCUT2D eigenvalue weighted by atomic mass is 35.5. The fraction of sp³-hybridized carbons (Fsp3) is 0.600. The average Bonchev–Trinajstić information content (AvgIpc) is 2.36. The second kappa shape index (κ2) is 5.10. The van der Waals surface area contributed by atoms with Gasteiger partial charge in [0.2, 0.25) is 0 Å². The highest BCUT2D eigenvalue weighted by Gasteiger charge is 2.33. The second-order valence-corrected chi connectivity index (χ2v) is 5.81. The van der Waals surface area contributed by atoms with E-state index in [1.807, 2.05) is 13.8 Å². The van der Waals surface area contributed by atoms with Crippen molar-refractivity contribution in [2.45, 2.75) is 51.5 Å². The van der Waals surface area contributed by atoms with Crippen molar-refractivity contribution < 1.29 is 4.74 Å². The highest BCUT2D eigenvalue weighted by molar-refractivity contribution is 6.32. The van der Waals surface area contributed by atoms with E-state index in [-0.39, 0.29) is 5.54 Å². The highest BCUT2D eigenvalue weighted by Crippen LogP contribution is 2.43. The minimum absolute atomic E-state index is 0.246. The molecule has 2 rings (SSSR count). The summed E-state index contributed by atoms with van der Waals surface area (Å²) in [7, 11) is 1.70. The molecule has 0 heterocycles. The molecule has 0 radical (unpaired) electrons. The number of benzene rings is 1. The molecule has 0 atom stereocenters. The summed E-state index contributed by atoms with van der Waals surface area (Å²) < 4.78 is 5.57. The van der Waals surface area contributed by atoms with Crippen molar-refractivity contribution in [3.8, 4) is 5.75 Å². The van der Waals surface area contributed by atoms with Crippen LogP contribution in [0.5, 0.6) is 5.75 Å². The van der Waals surface area contributed by atoms with Crippen LogP contribution in [-0.4, -0.2) is 7.11 Å². The Hall–Kier alpha value is -0.730. The van der Waals surface area contributed by atoms with Crippen molar-refractivity contribution in [1.29, 1.82) is 0 Å². The Balaban J connectivity index is 2.55. The summed E-state index contributed by atoms with van der Waals surface area (Å²) in [6, 6.07) is 2.11. The van der Waals surface area contributed by atoms with E-state index in [0.717, 1.165) is 40.3 Å². The summed E-state index contributed by atoms with van der Waals surface area (Å²) >= 11 is 6.30. The molecule has 0 bridgehead atoms. The van der Waals surface area contributed by atoms with Crippen molar-refractivity contribution in [2.24, 2.45) is 5.73 Å². The van der Waals surface area contributed by atoms with Gasteiger partial charge in [0.15, 0.2) is 0 Å². The van der Waals surface area contributed by atoms with E-state index < -0.39 is 0 Å². The molecular weight excluding hydrogens is 246 g/mol. The Labute approximate surface area is 114 Å². The predicted molar refractivity (Wildman–Crippen MR) is 76.4 cm³/mol. The van der Waals surface area contributed by atoms with Gasteiger partial charge in [0.1, 0.15) is 5.75 Å². The molecule has 0 saturated heterocycles. The number of ether oxygens (including phenoxy) is 1. The van der Waals surface area contributed by atoms with Crippen LogP contribution in [0.2, 0.25) is 5.02 Å². The first-order chi connectivity index (χ1) is 8.49. The van der Waals surface area contributed by atoms with Crippen molar-refractivity contribution >= 4 is 11.6 Å². The summed E-state index contributed by atoms with van der Waals surface area (Å²) in [5.41, 5.74) is 9.59. The molecule has 2 N–H and O–H groups in total. The van der Waals surface area contributed by atoms with Crippen LogP contribution in [0, 0.1) is 13.8 Å². The van der Waals surface area contributed by atoms with Gasteiger partial charge in [0.25, 0.3) is 0 Å². The van der Waals surface area contributed by atoms with Crippen molar-refractivity contribution in [3.63, 3.8) is 0 Å². The van der Waals surface area contributed by atoms with Gasteiger partial charge in [-0.25, -0.2) is 0 Å². The summed E-state index contributed by atoms with van der Waals surface area (Å²) in [6.07, 6.45) is 5.74. The summed E-state index contributed by atoms with van der Waals surface area (Å²) in [6.45, 7) is 4.04. The molecule has 1 saturated carbocycles. The topological polar surface area (TPSA) is 35.2 Å². The molecular formula is C15H22ClNO. The van der Waals surface area contributed by atoms with Gasteiger partial charge in [-0.05, 0) is 38.3 Å². The normalized spacial score (nSPS) is 18.7. The maximum absolute atomic E-state index is 6.62. The van der Waals surface area contributed by atoms with E-state index in [0.29, 0.717) is 0 Å². The van der Waals surface area contributed by atoms with Crippen LogP contribution in [0.3, 0.4) is 0 Å². The first-order valence-corrected chi connectivity index (χ1v) is 7.00. The number of nitrogens with two attached hydrogens (primary N) is 1. The van der Waals surface area contributed by atoms with Gasteiger partial charge in [0, 0.05) is 16.7 Å². The van der Waals surface area contributed by atoms with Crippen LogP contribution in [-0.2, 0) is 5.54 Å². The van der Waals surface area contributed by atoms with Gasteiger partial charge >= 0.3 is 0 Å². The predicted octanol–water partition coefficient (Wildman–Crippen LogP) is 4.08. The number of hydrogen-bond donors (Lipinski definition) is 1. The minimum Gasteiger partial charge on any atom is -0.496 e. The molecule has 1 aliphatic carbocycles. The van der Waals surface area contributed by atoms with Crippen molar-refractivity contribution in [3.05, 3.63) is 27.8 Å². The van der Waals surface area contributed by atoms with Gasteiger partial charge in [0.05, 0.1) is 12.1 Å². The SMILES string of the molecule is COc1c(C2(N)CCCCC2)cc(C)c(Cl)c1C. The number of methoxy groups -OCH3 is 1. The summed E-state index contributed by atoms with van der Waals surface area (Å²) in [5, 5.41) is 0.787. The molecule has 0 amide bonds. The molecule has 3 heteroatoms. The van der Waals surface area contributed by atoms with Gasteiger partial charge in [-0.2, -0.15) is 0 Å². The lowest BCUT2D eigenvalue weighted by atomic mass is 9.76. The van der Waals surface area contributed by atoms with E-state index in [4.69, 9.17) is 22.1 Å². The second-order valence-electron chi connectivity index (χ2n) is 5.43. The Morgan fingerprint density at radius 3 is 2.39 bits per heavy atom. The maximum Gasteiger partial charge on any atom is 0.128 e. The summed E-state index contributed by atoms with van der Waals surface area (Å²) in [4.78, 5) is 0. The molecule has 0 spiro atoms. The Bertz CT molecular complexity index is 450. The molecule has 18 heavy (non-hydrogen) atoms. The zero-order chi connectivity index (χ0) is 13.3. The molecule has 1 aliphatic rings. The number of aryl methyl sites for hydroxylation is 1. The summed E-state index contributed by atoms with van der Waals surface area (Å²) in [5.74, 6) is 0.870. The standard InChI is InChI=1S/C15H22ClNO/c1-10-9-12(14(18-3)11(2)13(10)16)15(17)7-5-4-6-8-15/h9H,4-8,17H2,1-3H3. The van der Waals surface area contributed by atoms with Crippen LogP contribution in [0.4, 0.5) is 0 Å². The molecule has 0 aliphatic heterocycles. The molecule has 1 fully saturated rings. The largest absolute Gasteiger partial charge is 0.496 e. The number of hydrogen-bond acceptors (Lipinski definition) is 2. The van der Waals surface area contributed by atoms with Gasteiger partial charge in [-0.1, -0.05) is 30.9 Å². The Kier molecular flexibility index (Phi) is 3.88. The zero-order valence-corrected chi connectivity index (χ0v) is 12.2.